The molecule has 90 valence electrons. The number of hydrogen-bond donors (Lipinski definition) is 2. The first-order valence-electron chi connectivity index (χ1n) is 5.31. The van der Waals surface area contributed by atoms with Gasteiger partial charge in [-0.1, -0.05) is 0 Å². The molecule has 0 bridgehead atoms. The number of hydrazine groups is 1. The molecule has 0 atom stereocenters. The molecule has 2 N–H and O–H groups in total. The van der Waals surface area contributed by atoms with Crippen molar-refractivity contribution in [2.75, 3.05) is 7.11 Å². The van der Waals surface area contributed by atoms with E-state index in [1.165, 1.54) is 13.3 Å². The molecule has 1 aromatic heterocycles. The fourth-order valence-corrected chi connectivity index (χ4v) is 1.36. The zero-order chi connectivity index (χ0) is 12.3. The van der Waals surface area contributed by atoms with Crippen molar-refractivity contribution in [1.29, 1.82) is 0 Å². The molecule has 1 saturated carbocycles. The predicted octanol–water partition coefficient (Wildman–Crippen LogP) is 0.261. The lowest BCUT2D eigenvalue weighted by Crippen LogP contribution is -2.42. The molecule has 6 heteroatoms. The Kier molecular flexibility index (Phi) is 3.22. The Morgan fingerprint density at radius 1 is 1.41 bits per heavy atom. The van der Waals surface area contributed by atoms with Gasteiger partial charge >= 0.3 is 0 Å². The number of rotatable bonds is 3. The number of pyridine rings is 1. The molecule has 1 aromatic rings. The minimum atomic E-state index is -0.441. The Morgan fingerprint density at radius 3 is 2.82 bits per heavy atom. The summed E-state index contributed by atoms with van der Waals surface area (Å²) in [5.41, 5.74) is 4.99. The zero-order valence-corrected chi connectivity index (χ0v) is 9.40. The van der Waals surface area contributed by atoms with Crippen LogP contribution in [0.2, 0.25) is 0 Å². The number of carbonyl (C=O) groups is 2. The lowest BCUT2D eigenvalue weighted by Gasteiger charge is -2.08. The molecule has 6 nitrogen and oxygen atoms in total. The van der Waals surface area contributed by atoms with Crippen LogP contribution in [0.5, 0.6) is 5.88 Å². The number of methoxy groups -OCH3 is 1. The summed E-state index contributed by atoms with van der Waals surface area (Å²) < 4.78 is 4.95. The predicted molar refractivity (Wildman–Crippen MR) is 59.1 cm³/mol. The lowest BCUT2D eigenvalue weighted by atomic mass is 10.2. The molecule has 1 aliphatic rings. The summed E-state index contributed by atoms with van der Waals surface area (Å²) in [6.45, 7) is 0. The molecule has 0 unspecified atom stereocenters. The summed E-state index contributed by atoms with van der Waals surface area (Å²) in [6, 6.07) is 3.20. The van der Waals surface area contributed by atoms with Gasteiger partial charge < -0.3 is 4.74 Å². The van der Waals surface area contributed by atoms with Crippen LogP contribution in [-0.2, 0) is 4.79 Å². The van der Waals surface area contributed by atoms with Crippen LogP contribution in [0, 0.1) is 5.92 Å². The molecule has 2 amide bonds. The first-order valence-corrected chi connectivity index (χ1v) is 5.31. The number of hydrogen-bond acceptors (Lipinski definition) is 4. The summed E-state index contributed by atoms with van der Waals surface area (Å²) >= 11 is 0. The first-order chi connectivity index (χ1) is 8.22. The second-order valence-corrected chi connectivity index (χ2v) is 3.78. The summed E-state index contributed by atoms with van der Waals surface area (Å²) in [4.78, 5) is 26.9. The van der Waals surface area contributed by atoms with Gasteiger partial charge in [0.15, 0.2) is 0 Å². The fraction of sp³-hybridized carbons (Fsp3) is 0.364. The molecular formula is C11H13N3O3. The molecule has 0 spiro atoms. The highest BCUT2D eigenvalue weighted by Gasteiger charge is 2.29. The van der Waals surface area contributed by atoms with Crippen LogP contribution in [0.3, 0.4) is 0 Å². The quantitative estimate of drug-likeness (QED) is 0.736. The average molecular weight is 235 g/mol. The third-order valence-corrected chi connectivity index (χ3v) is 2.46. The number of ether oxygens (including phenoxy) is 1. The van der Waals surface area contributed by atoms with E-state index in [1.807, 2.05) is 0 Å². The van der Waals surface area contributed by atoms with Crippen molar-refractivity contribution in [3.05, 3.63) is 23.9 Å². The summed E-state index contributed by atoms with van der Waals surface area (Å²) in [5, 5.41) is 0. The standard InChI is InChI=1S/C11H13N3O3/c1-17-11-8(3-2-6-12-11)10(16)14-13-9(15)7-4-5-7/h2-3,6-7H,4-5H2,1H3,(H,13,15)(H,14,16). The molecule has 1 aliphatic carbocycles. The number of nitrogens with zero attached hydrogens (tertiary/aromatic N) is 1. The summed E-state index contributed by atoms with van der Waals surface area (Å²) in [6.07, 6.45) is 3.30. The van der Waals surface area contributed by atoms with Crippen LogP contribution in [0.15, 0.2) is 18.3 Å². The second kappa shape index (κ2) is 4.82. The van der Waals surface area contributed by atoms with E-state index in [1.54, 1.807) is 12.1 Å². The van der Waals surface area contributed by atoms with Crippen LogP contribution in [0.1, 0.15) is 23.2 Å². The molecule has 17 heavy (non-hydrogen) atoms. The van der Waals surface area contributed by atoms with Crippen LogP contribution in [0.4, 0.5) is 0 Å². The van der Waals surface area contributed by atoms with E-state index in [0.717, 1.165) is 12.8 Å². The number of aromatic nitrogens is 1. The van der Waals surface area contributed by atoms with Crippen molar-refractivity contribution in [2.45, 2.75) is 12.8 Å². The van der Waals surface area contributed by atoms with Gasteiger partial charge in [-0.2, -0.15) is 0 Å². The SMILES string of the molecule is COc1ncccc1C(=O)NNC(=O)C1CC1. The van der Waals surface area contributed by atoms with Gasteiger partial charge in [-0.15, -0.1) is 0 Å². The third kappa shape index (κ3) is 2.72. The Hall–Kier alpha value is -2.11. The Morgan fingerprint density at radius 2 is 2.18 bits per heavy atom. The van der Waals surface area contributed by atoms with Crippen LogP contribution in [0.25, 0.3) is 0 Å². The van der Waals surface area contributed by atoms with Gasteiger partial charge in [-0.05, 0) is 25.0 Å². The molecular weight excluding hydrogens is 222 g/mol. The molecule has 0 radical (unpaired) electrons. The van der Waals surface area contributed by atoms with E-state index in [9.17, 15) is 9.59 Å². The molecule has 2 rings (SSSR count). The van der Waals surface area contributed by atoms with Gasteiger partial charge in [0.2, 0.25) is 11.8 Å². The van der Waals surface area contributed by atoms with Crippen molar-refractivity contribution >= 4 is 11.8 Å². The zero-order valence-electron chi connectivity index (χ0n) is 9.40. The first kappa shape index (κ1) is 11.4. The number of amides is 2. The minimum Gasteiger partial charge on any atom is -0.480 e. The van der Waals surface area contributed by atoms with Gasteiger partial charge in [0, 0.05) is 12.1 Å². The van der Waals surface area contributed by atoms with Crippen LogP contribution in [-0.4, -0.2) is 23.9 Å². The van der Waals surface area contributed by atoms with E-state index in [0.29, 0.717) is 0 Å². The van der Waals surface area contributed by atoms with Gasteiger partial charge in [0.1, 0.15) is 5.56 Å². The minimum absolute atomic E-state index is 0.0473. The maximum absolute atomic E-state index is 11.7. The fourth-order valence-electron chi connectivity index (χ4n) is 1.36. The van der Waals surface area contributed by atoms with Gasteiger partial charge in [-0.3, -0.25) is 20.4 Å². The van der Waals surface area contributed by atoms with Crippen molar-refractivity contribution in [3.8, 4) is 5.88 Å². The van der Waals surface area contributed by atoms with Crippen LogP contribution >= 0.6 is 0 Å². The van der Waals surface area contributed by atoms with Gasteiger partial charge in [0.25, 0.3) is 5.91 Å². The highest BCUT2D eigenvalue weighted by molar-refractivity contribution is 5.97. The van der Waals surface area contributed by atoms with Crippen LogP contribution < -0.4 is 15.6 Å². The van der Waals surface area contributed by atoms with E-state index >= 15 is 0 Å². The molecule has 1 fully saturated rings. The second-order valence-electron chi connectivity index (χ2n) is 3.78. The largest absolute Gasteiger partial charge is 0.480 e. The van der Waals surface area contributed by atoms with E-state index in [4.69, 9.17) is 4.74 Å². The van der Waals surface area contributed by atoms with Gasteiger partial charge in [-0.25, -0.2) is 4.98 Å². The van der Waals surface area contributed by atoms with Crippen molar-refractivity contribution in [2.24, 2.45) is 5.92 Å². The van der Waals surface area contributed by atoms with E-state index in [-0.39, 0.29) is 23.3 Å². The summed E-state index contributed by atoms with van der Waals surface area (Å²) in [7, 11) is 1.43. The summed E-state index contributed by atoms with van der Waals surface area (Å²) in [5.74, 6) is -0.318. The van der Waals surface area contributed by atoms with Crippen molar-refractivity contribution in [1.82, 2.24) is 15.8 Å². The molecule has 0 saturated heterocycles. The average Bonchev–Trinajstić information content (AvgIpc) is 3.19. The van der Waals surface area contributed by atoms with Crippen molar-refractivity contribution in [3.63, 3.8) is 0 Å². The monoisotopic (exact) mass is 235 g/mol. The molecule has 0 aromatic carbocycles. The maximum atomic E-state index is 11.7. The lowest BCUT2D eigenvalue weighted by molar-refractivity contribution is -0.123. The van der Waals surface area contributed by atoms with E-state index in [2.05, 4.69) is 15.8 Å². The smallest absolute Gasteiger partial charge is 0.275 e. The molecule has 0 aliphatic heterocycles. The topological polar surface area (TPSA) is 80.3 Å². The number of nitrogens with one attached hydrogen (secondary N) is 2. The maximum Gasteiger partial charge on any atom is 0.275 e. The third-order valence-electron chi connectivity index (χ3n) is 2.46. The highest BCUT2D eigenvalue weighted by Crippen LogP contribution is 2.28. The number of carbonyl (C=O) groups excluding carboxylic acids is 2. The Balaban J connectivity index is 1.96. The normalized spacial score (nSPS) is 13.9. The van der Waals surface area contributed by atoms with E-state index < -0.39 is 5.91 Å². The molecule has 1 heterocycles. The van der Waals surface area contributed by atoms with Gasteiger partial charge in [0.05, 0.1) is 7.11 Å². The van der Waals surface area contributed by atoms with Crippen molar-refractivity contribution < 1.29 is 14.3 Å². The Labute approximate surface area is 98.3 Å². The highest BCUT2D eigenvalue weighted by atomic mass is 16.5. The Bertz CT molecular complexity index is 443.